The van der Waals surface area contributed by atoms with E-state index in [1.54, 1.807) is 0 Å². The highest BCUT2D eigenvalue weighted by Gasteiger charge is 2.28. The van der Waals surface area contributed by atoms with Crippen molar-refractivity contribution in [2.45, 2.75) is 32.2 Å². The Morgan fingerprint density at radius 1 is 1.50 bits per heavy atom. The summed E-state index contributed by atoms with van der Waals surface area (Å²) in [4.78, 5) is 1.44. The molecular formula is C7H15N. The minimum absolute atomic E-state index is 0.458. The molecule has 0 aromatic carbocycles. The van der Waals surface area contributed by atoms with Gasteiger partial charge in [-0.2, -0.15) is 7.05 Å². The summed E-state index contributed by atoms with van der Waals surface area (Å²) in [5.41, 5.74) is 0.458. The minimum atomic E-state index is 0.458. The van der Waals surface area contributed by atoms with E-state index < -0.39 is 0 Å². The highest BCUT2D eigenvalue weighted by molar-refractivity contribution is 4.70. The van der Waals surface area contributed by atoms with Crippen LogP contribution < -0.4 is 4.90 Å². The second-order valence-corrected chi connectivity index (χ2v) is 3.34. The molecular weight excluding hydrogens is 98.1 g/mol. The Bertz CT molecular complexity index is 86.4. The Labute approximate surface area is 51.7 Å². The van der Waals surface area contributed by atoms with E-state index in [-0.39, 0.29) is 0 Å². The molecule has 48 valence electrons. The highest BCUT2D eigenvalue weighted by Crippen LogP contribution is 2.10. The minimum Gasteiger partial charge on any atom is -0.463 e. The molecule has 1 heteroatoms. The van der Waals surface area contributed by atoms with Crippen LogP contribution in [0.4, 0.5) is 0 Å². The van der Waals surface area contributed by atoms with Crippen LogP contribution in [-0.2, 0) is 0 Å². The molecule has 1 N–H and O–H groups in total. The Morgan fingerprint density at radius 2 is 2.12 bits per heavy atom. The number of hydrogen-bond donors (Lipinski definition) is 1. The SMILES string of the molecule is [CH2-][NH+]1CCCC1(C)C. The summed E-state index contributed by atoms with van der Waals surface area (Å²) in [5.74, 6) is 0. The molecule has 1 nitrogen and oxygen atoms in total. The van der Waals surface area contributed by atoms with Crippen molar-refractivity contribution in [3.05, 3.63) is 7.05 Å². The van der Waals surface area contributed by atoms with E-state index in [9.17, 15) is 0 Å². The predicted octanol–water partition coefficient (Wildman–Crippen LogP) is 0.235. The van der Waals surface area contributed by atoms with Crippen LogP contribution in [0.2, 0.25) is 0 Å². The normalized spacial score (nSPS) is 35.6. The topological polar surface area (TPSA) is 4.44 Å². The molecule has 1 atom stereocenters. The van der Waals surface area contributed by atoms with Crippen molar-refractivity contribution >= 4 is 0 Å². The fraction of sp³-hybridized carbons (Fsp3) is 0.857. The van der Waals surface area contributed by atoms with Crippen molar-refractivity contribution in [3.63, 3.8) is 0 Å². The second kappa shape index (κ2) is 1.73. The molecule has 1 saturated heterocycles. The van der Waals surface area contributed by atoms with Gasteiger partial charge >= 0.3 is 0 Å². The number of rotatable bonds is 0. The van der Waals surface area contributed by atoms with Crippen LogP contribution >= 0.6 is 0 Å². The Kier molecular flexibility index (Phi) is 1.31. The van der Waals surface area contributed by atoms with Gasteiger partial charge in [-0.3, -0.25) is 0 Å². The largest absolute Gasteiger partial charge is 0.463 e. The lowest BCUT2D eigenvalue weighted by atomic mass is 10.0. The van der Waals surface area contributed by atoms with Crippen LogP contribution in [0.3, 0.4) is 0 Å². The number of hydrogen-bond acceptors (Lipinski definition) is 0. The van der Waals surface area contributed by atoms with Crippen molar-refractivity contribution in [3.8, 4) is 0 Å². The zero-order chi connectivity index (χ0) is 6.20. The van der Waals surface area contributed by atoms with Gasteiger partial charge in [-0.25, -0.2) is 0 Å². The van der Waals surface area contributed by atoms with Crippen molar-refractivity contribution in [1.29, 1.82) is 0 Å². The zero-order valence-corrected chi connectivity index (χ0v) is 5.83. The van der Waals surface area contributed by atoms with Gasteiger partial charge in [-0.15, -0.1) is 0 Å². The molecule has 0 bridgehead atoms. The molecule has 0 aromatic heterocycles. The summed E-state index contributed by atoms with van der Waals surface area (Å²) in [7, 11) is 4.01. The summed E-state index contributed by atoms with van der Waals surface area (Å²) in [6, 6.07) is 0. The van der Waals surface area contributed by atoms with Gasteiger partial charge in [0.2, 0.25) is 0 Å². The smallest absolute Gasteiger partial charge is 0.0683 e. The van der Waals surface area contributed by atoms with Crippen LogP contribution in [0, 0.1) is 7.05 Å². The standard InChI is InChI=1S/C7H15N/c1-7(2)5-4-6-8(7)3/h8H,3-6H2,1-2H3. The first-order valence-electron chi connectivity index (χ1n) is 3.31. The van der Waals surface area contributed by atoms with E-state index in [1.807, 2.05) is 0 Å². The van der Waals surface area contributed by atoms with Gasteiger partial charge in [0, 0.05) is 12.8 Å². The van der Waals surface area contributed by atoms with E-state index in [0.29, 0.717) is 5.54 Å². The highest BCUT2D eigenvalue weighted by atomic mass is 15.2. The van der Waals surface area contributed by atoms with Crippen molar-refractivity contribution in [2.24, 2.45) is 0 Å². The van der Waals surface area contributed by atoms with Gasteiger partial charge in [0.15, 0.2) is 0 Å². The summed E-state index contributed by atoms with van der Waals surface area (Å²) < 4.78 is 0. The molecule has 1 heterocycles. The fourth-order valence-corrected chi connectivity index (χ4v) is 1.26. The number of likely N-dealkylation sites (tertiary alicyclic amines) is 1. The Balaban J connectivity index is 2.54. The lowest BCUT2D eigenvalue weighted by Gasteiger charge is -2.30. The van der Waals surface area contributed by atoms with Crippen LogP contribution in [0.1, 0.15) is 26.7 Å². The fourth-order valence-electron chi connectivity index (χ4n) is 1.26. The maximum Gasteiger partial charge on any atom is 0.0683 e. The third-order valence-corrected chi connectivity index (χ3v) is 2.24. The molecule has 1 rings (SSSR count). The molecule has 0 spiro atoms. The maximum absolute atomic E-state index is 4.01. The first-order valence-corrected chi connectivity index (χ1v) is 3.31. The number of nitrogens with one attached hydrogen (secondary N) is 1. The average Bonchev–Trinajstić information content (AvgIpc) is 1.86. The van der Waals surface area contributed by atoms with E-state index in [2.05, 4.69) is 20.9 Å². The van der Waals surface area contributed by atoms with Gasteiger partial charge in [-0.05, 0) is 13.8 Å². The summed E-state index contributed by atoms with van der Waals surface area (Å²) >= 11 is 0. The summed E-state index contributed by atoms with van der Waals surface area (Å²) in [5, 5.41) is 0. The van der Waals surface area contributed by atoms with Crippen molar-refractivity contribution in [2.75, 3.05) is 6.54 Å². The quantitative estimate of drug-likeness (QED) is 0.429. The average molecular weight is 113 g/mol. The first kappa shape index (κ1) is 6.09. The van der Waals surface area contributed by atoms with E-state index in [1.165, 1.54) is 24.3 Å². The van der Waals surface area contributed by atoms with Crippen LogP contribution in [-0.4, -0.2) is 12.1 Å². The number of quaternary nitrogens is 1. The maximum atomic E-state index is 4.01. The lowest BCUT2D eigenvalue weighted by Crippen LogP contribution is -3.12. The van der Waals surface area contributed by atoms with Gasteiger partial charge in [0.25, 0.3) is 0 Å². The van der Waals surface area contributed by atoms with Gasteiger partial charge < -0.3 is 4.90 Å². The van der Waals surface area contributed by atoms with Crippen molar-refractivity contribution < 1.29 is 4.90 Å². The third-order valence-electron chi connectivity index (χ3n) is 2.24. The molecule has 0 amide bonds. The molecule has 1 aliphatic heterocycles. The molecule has 1 fully saturated rings. The molecule has 0 aliphatic carbocycles. The van der Waals surface area contributed by atoms with Crippen LogP contribution in [0.5, 0.6) is 0 Å². The van der Waals surface area contributed by atoms with E-state index >= 15 is 0 Å². The molecule has 8 heavy (non-hydrogen) atoms. The molecule has 0 radical (unpaired) electrons. The lowest BCUT2D eigenvalue weighted by molar-refractivity contribution is -0.891. The van der Waals surface area contributed by atoms with E-state index in [0.717, 1.165) is 0 Å². The first-order chi connectivity index (χ1) is 3.63. The van der Waals surface area contributed by atoms with Crippen molar-refractivity contribution in [1.82, 2.24) is 0 Å². The third kappa shape index (κ3) is 0.873. The summed E-state index contributed by atoms with van der Waals surface area (Å²) in [6.45, 7) is 5.82. The molecule has 0 saturated carbocycles. The molecule has 1 unspecified atom stereocenters. The molecule has 1 aliphatic rings. The Morgan fingerprint density at radius 3 is 2.25 bits per heavy atom. The molecule has 0 aromatic rings. The van der Waals surface area contributed by atoms with Gasteiger partial charge in [0.05, 0.1) is 12.1 Å². The Hall–Kier alpha value is -0.0400. The van der Waals surface area contributed by atoms with Gasteiger partial charge in [0.1, 0.15) is 0 Å². The predicted molar refractivity (Wildman–Crippen MR) is 34.5 cm³/mol. The zero-order valence-electron chi connectivity index (χ0n) is 5.83. The van der Waals surface area contributed by atoms with E-state index in [4.69, 9.17) is 0 Å². The monoisotopic (exact) mass is 113 g/mol. The van der Waals surface area contributed by atoms with Crippen LogP contribution in [0.25, 0.3) is 0 Å². The summed E-state index contributed by atoms with van der Waals surface area (Å²) in [6.07, 6.45) is 2.69. The second-order valence-electron chi connectivity index (χ2n) is 3.34. The van der Waals surface area contributed by atoms with Gasteiger partial charge in [-0.1, -0.05) is 0 Å². The van der Waals surface area contributed by atoms with Crippen LogP contribution in [0.15, 0.2) is 0 Å².